The molecular formula is C17H23N4O2+. The number of hydrogen-bond donors (Lipinski definition) is 1. The lowest BCUT2D eigenvalue weighted by atomic mass is 10.2. The number of quaternary nitrogens is 1. The van der Waals surface area contributed by atoms with Gasteiger partial charge in [0.2, 0.25) is 5.88 Å². The topological polar surface area (TPSA) is 51.9 Å². The van der Waals surface area contributed by atoms with Gasteiger partial charge in [0.15, 0.2) is 5.75 Å². The molecule has 2 heterocycles. The summed E-state index contributed by atoms with van der Waals surface area (Å²) in [4.78, 5) is 3.55. The van der Waals surface area contributed by atoms with Crippen LogP contribution in [0.5, 0.6) is 17.5 Å². The zero-order valence-corrected chi connectivity index (χ0v) is 13.9. The highest BCUT2D eigenvalue weighted by molar-refractivity contribution is 5.76. The van der Waals surface area contributed by atoms with Crippen LogP contribution in [0.15, 0.2) is 30.3 Å². The van der Waals surface area contributed by atoms with E-state index in [1.165, 1.54) is 4.90 Å². The largest absolute Gasteiger partial charge is 0.471 e. The monoisotopic (exact) mass is 315 g/mol. The smallest absolute Gasteiger partial charge is 0.263 e. The first-order valence-corrected chi connectivity index (χ1v) is 8.07. The third-order valence-electron chi connectivity index (χ3n) is 4.22. The van der Waals surface area contributed by atoms with E-state index in [-0.39, 0.29) is 0 Å². The Hall–Kier alpha value is -2.34. The predicted molar refractivity (Wildman–Crippen MR) is 89.0 cm³/mol. The van der Waals surface area contributed by atoms with Gasteiger partial charge in [-0.2, -0.15) is 0 Å². The Balaban J connectivity index is 1.72. The summed E-state index contributed by atoms with van der Waals surface area (Å²) in [6.07, 6.45) is 0. The molecule has 0 unspecified atom stereocenters. The molecule has 23 heavy (non-hydrogen) atoms. The van der Waals surface area contributed by atoms with E-state index in [2.05, 4.69) is 24.0 Å². The lowest BCUT2D eigenvalue weighted by Gasteiger charge is -2.28. The van der Waals surface area contributed by atoms with Crippen molar-refractivity contribution in [3.05, 3.63) is 30.3 Å². The average molecular weight is 315 g/mol. The molecular weight excluding hydrogens is 292 g/mol. The van der Waals surface area contributed by atoms with Crippen molar-refractivity contribution in [1.82, 2.24) is 10.2 Å². The van der Waals surface area contributed by atoms with Crippen molar-refractivity contribution >= 4 is 11.4 Å². The second kappa shape index (κ2) is 6.83. The van der Waals surface area contributed by atoms with Crippen LogP contribution in [0, 0.1) is 0 Å². The lowest BCUT2D eigenvalue weighted by Crippen LogP contribution is -3.12. The zero-order valence-electron chi connectivity index (χ0n) is 13.9. The molecule has 0 saturated carbocycles. The number of nitrogens with zero attached hydrogens (tertiary/aromatic N) is 3. The fourth-order valence-electron chi connectivity index (χ4n) is 2.69. The highest BCUT2D eigenvalue weighted by Gasteiger charge is 2.23. The molecule has 6 nitrogen and oxygen atoms in total. The summed E-state index contributed by atoms with van der Waals surface area (Å²) in [7, 11) is 1.99. The quantitative estimate of drug-likeness (QED) is 0.878. The Morgan fingerprint density at radius 1 is 1.13 bits per heavy atom. The highest BCUT2D eigenvalue weighted by Crippen LogP contribution is 2.44. The summed E-state index contributed by atoms with van der Waals surface area (Å²) >= 11 is 0. The summed E-state index contributed by atoms with van der Waals surface area (Å²) in [6.45, 7) is 8.15. The molecule has 122 valence electrons. The van der Waals surface area contributed by atoms with E-state index in [0.29, 0.717) is 18.4 Å². The third-order valence-corrected chi connectivity index (χ3v) is 4.22. The number of anilines is 2. The summed E-state index contributed by atoms with van der Waals surface area (Å²) in [5.74, 6) is 1.83. The maximum atomic E-state index is 5.81. The Morgan fingerprint density at radius 3 is 2.70 bits per heavy atom. The number of hydrogen-bond acceptors (Lipinski definition) is 5. The van der Waals surface area contributed by atoms with Crippen molar-refractivity contribution in [2.24, 2.45) is 0 Å². The van der Waals surface area contributed by atoms with E-state index in [4.69, 9.17) is 9.47 Å². The molecule has 3 rings (SSSR count). The molecule has 0 saturated heterocycles. The molecule has 0 amide bonds. The minimum atomic E-state index is 0.507. The first-order valence-electron chi connectivity index (χ1n) is 8.07. The number of fused-ring (bicyclic) bond motifs is 2. The van der Waals surface area contributed by atoms with E-state index in [1.807, 2.05) is 42.3 Å². The molecule has 1 aromatic carbocycles. The Bertz CT molecular complexity index is 673. The van der Waals surface area contributed by atoms with Gasteiger partial charge < -0.3 is 19.3 Å². The van der Waals surface area contributed by atoms with Gasteiger partial charge in [-0.3, -0.25) is 0 Å². The number of nitrogens with one attached hydrogen (secondary N) is 1. The zero-order chi connectivity index (χ0) is 16.2. The van der Waals surface area contributed by atoms with Gasteiger partial charge in [-0.25, -0.2) is 0 Å². The maximum Gasteiger partial charge on any atom is 0.263 e. The highest BCUT2D eigenvalue weighted by atomic mass is 16.5. The molecule has 0 fully saturated rings. The van der Waals surface area contributed by atoms with Crippen molar-refractivity contribution < 1.29 is 14.4 Å². The van der Waals surface area contributed by atoms with Crippen molar-refractivity contribution in [3.63, 3.8) is 0 Å². The molecule has 0 radical (unpaired) electrons. The minimum absolute atomic E-state index is 0.507. The lowest BCUT2D eigenvalue weighted by molar-refractivity contribution is -0.896. The van der Waals surface area contributed by atoms with Crippen LogP contribution in [0.1, 0.15) is 13.8 Å². The molecule has 1 aromatic heterocycles. The van der Waals surface area contributed by atoms with Crippen LogP contribution >= 0.6 is 0 Å². The maximum absolute atomic E-state index is 5.81. The van der Waals surface area contributed by atoms with E-state index < -0.39 is 0 Å². The minimum Gasteiger partial charge on any atom is -0.471 e. The van der Waals surface area contributed by atoms with Crippen LogP contribution < -0.4 is 19.3 Å². The molecule has 1 aliphatic heterocycles. The van der Waals surface area contributed by atoms with Gasteiger partial charge in [-0.05, 0) is 26.0 Å². The molecule has 1 aliphatic rings. The Morgan fingerprint density at radius 2 is 1.91 bits per heavy atom. The molecule has 0 atom stereocenters. The van der Waals surface area contributed by atoms with Crippen LogP contribution in [-0.2, 0) is 0 Å². The molecule has 6 heteroatoms. The summed E-state index contributed by atoms with van der Waals surface area (Å²) in [6, 6.07) is 9.76. The second-order valence-corrected chi connectivity index (χ2v) is 5.56. The predicted octanol–water partition coefficient (Wildman–Crippen LogP) is 1.65. The molecule has 0 bridgehead atoms. The third kappa shape index (κ3) is 3.22. The number of benzene rings is 1. The number of rotatable bonds is 6. The molecule has 1 N–H and O–H groups in total. The molecule has 0 aliphatic carbocycles. The number of likely N-dealkylation sites (N-methyl/N-ethyl adjacent to an activating group) is 1. The summed E-state index contributed by atoms with van der Waals surface area (Å²) in [5, 5.41) is 8.28. The summed E-state index contributed by atoms with van der Waals surface area (Å²) < 4.78 is 11.6. The summed E-state index contributed by atoms with van der Waals surface area (Å²) in [5.41, 5.74) is 1.87. The van der Waals surface area contributed by atoms with Crippen LogP contribution in [0.2, 0.25) is 0 Å². The van der Waals surface area contributed by atoms with Gasteiger partial charge in [-0.1, -0.05) is 12.1 Å². The van der Waals surface area contributed by atoms with Crippen LogP contribution in [0.4, 0.5) is 11.4 Å². The van der Waals surface area contributed by atoms with Gasteiger partial charge in [0.05, 0.1) is 18.8 Å². The fourth-order valence-corrected chi connectivity index (χ4v) is 2.69. The van der Waals surface area contributed by atoms with Crippen LogP contribution in [0.3, 0.4) is 0 Å². The van der Waals surface area contributed by atoms with Crippen molar-refractivity contribution in [1.29, 1.82) is 0 Å². The first kappa shape index (κ1) is 15.6. The van der Waals surface area contributed by atoms with Crippen molar-refractivity contribution in [3.8, 4) is 17.5 Å². The SMILES string of the molecule is CC[NH+](CC)CCOc1cc2c(nn1)Oc1ccccc1N2C. The van der Waals surface area contributed by atoms with Gasteiger partial charge in [0.1, 0.15) is 18.8 Å². The normalized spacial score (nSPS) is 12.6. The van der Waals surface area contributed by atoms with E-state index >= 15 is 0 Å². The molecule has 2 aromatic rings. The number of para-hydroxylation sites is 2. The Labute approximate surface area is 136 Å². The van der Waals surface area contributed by atoms with Crippen molar-refractivity contribution in [2.45, 2.75) is 13.8 Å². The first-order chi connectivity index (χ1) is 11.2. The fraction of sp³-hybridized carbons (Fsp3) is 0.412. The molecule has 0 spiro atoms. The van der Waals surface area contributed by atoms with E-state index in [1.54, 1.807) is 0 Å². The van der Waals surface area contributed by atoms with E-state index in [0.717, 1.165) is 36.8 Å². The number of ether oxygens (including phenoxy) is 2. The standard InChI is InChI=1S/C17H22N4O2/c1-4-21(5-2)10-11-22-16-12-14-17(19-18-16)23-15-9-7-6-8-13(15)20(14)3/h6-9,12H,4-5,10-11H2,1-3H3/p+1. The Kier molecular flexibility index (Phi) is 4.62. The van der Waals surface area contributed by atoms with Crippen LogP contribution in [-0.4, -0.2) is 43.5 Å². The van der Waals surface area contributed by atoms with Gasteiger partial charge in [0.25, 0.3) is 5.88 Å². The second-order valence-electron chi connectivity index (χ2n) is 5.56. The van der Waals surface area contributed by atoms with Gasteiger partial charge in [-0.15, -0.1) is 10.2 Å². The van der Waals surface area contributed by atoms with Gasteiger partial charge >= 0.3 is 0 Å². The van der Waals surface area contributed by atoms with Gasteiger partial charge in [0, 0.05) is 13.1 Å². The average Bonchev–Trinajstić information content (AvgIpc) is 2.59. The van der Waals surface area contributed by atoms with Crippen molar-refractivity contribution in [2.75, 3.05) is 38.2 Å². The number of aromatic nitrogens is 2. The van der Waals surface area contributed by atoms with E-state index in [9.17, 15) is 0 Å². The van der Waals surface area contributed by atoms with Crippen LogP contribution in [0.25, 0.3) is 0 Å².